The van der Waals surface area contributed by atoms with E-state index in [0.29, 0.717) is 24.7 Å². The minimum absolute atomic E-state index is 0. The van der Waals surface area contributed by atoms with Gasteiger partial charge in [0.15, 0.2) is 5.96 Å². The van der Waals surface area contributed by atoms with Crippen LogP contribution in [0.5, 0.6) is 0 Å². The summed E-state index contributed by atoms with van der Waals surface area (Å²) < 4.78 is 37.9. The van der Waals surface area contributed by atoms with Crippen molar-refractivity contribution in [3.63, 3.8) is 0 Å². The molecule has 22 heavy (non-hydrogen) atoms. The normalized spacial score (nSPS) is 23.1. The van der Waals surface area contributed by atoms with Crippen LogP contribution in [0.1, 0.15) is 52.4 Å². The molecular weight excluding hydrogens is 406 g/mol. The zero-order valence-corrected chi connectivity index (χ0v) is 16.0. The Balaban J connectivity index is 0.00000441. The van der Waals surface area contributed by atoms with Crippen molar-refractivity contribution in [1.29, 1.82) is 0 Å². The molecule has 2 N–H and O–H groups in total. The quantitative estimate of drug-likeness (QED) is 0.383. The van der Waals surface area contributed by atoms with Crippen molar-refractivity contribution in [3.8, 4) is 0 Å². The van der Waals surface area contributed by atoms with Crippen LogP contribution in [0, 0.1) is 11.8 Å². The minimum atomic E-state index is -4.04. The molecule has 1 aliphatic rings. The third-order valence-corrected chi connectivity index (χ3v) is 4.47. The Morgan fingerprint density at radius 1 is 1.14 bits per heavy atom. The molecule has 0 aromatic rings. The lowest BCUT2D eigenvalue weighted by atomic mass is 9.85. The van der Waals surface area contributed by atoms with Gasteiger partial charge in [-0.05, 0) is 31.6 Å². The fraction of sp³-hybridized carbons (Fsp3) is 0.933. The predicted molar refractivity (Wildman–Crippen MR) is 95.8 cm³/mol. The molecule has 0 heterocycles. The Bertz CT molecular complexity index is 322. The van der Waals surface area contributed by atoms with Gasteiger partial charge in [0.2, 0.25) is 0 Å². The minimum Gasteiger partial charge on any atom is -0.356 e. The lowest BCUT2D eigenvalue weighted by Crippen LogP contribution is -2.46. The molecule has 0 aliphatic heterocycles. The summed E-state index contributed by atoms with van der Waals surface area (Å²) in [4.78, 5) is 4.16. The van der Waals surface area contributed by atoms with Crippen LogP contribution in [0.3, 0.4) is 0 Å². The van der Waals surface area contributed by atoms with Gasteiger partial charge in [-0.1, -0.05) is 26.7 Å². The van der Waals surface area contributed by atoms with Crippen LogP contribution in [-0.2, 0) is 0 Å². The van der Waals surface area contributed by atoms with Crippen LogP contribution in [0.4, 0.5) is 13.2 Å². The van der Waals surface area contributed by atoms with E-state index in [-0.39, 0.29) is 42.9 Å². The van der Waals surface area contributed by atoms with E-state index in [1.54, 1.807) is 7.05 Å². The molecule has 0 aromatic carbocycles. The Hall–Kier alpha value is -0.210. The van der Waals surface area contributed by atoms with Gasteiger partial charge in [0, 0.05) is 19.6 Å². The van der Waals surface area contributed by atoms with Gasteiger partial charge in [0.05, 0.1) is 5.92 Å². The van der Waals surface area contributed by atoms with Crippen molar-refractivity contribution in [2.75, 3.05) is 13.6 Å². The topological polar surface area (TPSA) is 36.4 Å². The number of nitrogens with one attached hydrogen (secondary N) is 2. The summed E-state index contributed by atoms with van der Waals surface area (Å²) in [5, 5.41) is 6.53. The zero-order chi connectivity index (χ0) is 15.9. The number of hydrogen-bond donors (Lipinski definition) is 2. The molecule has 1 fully saturated rings. The van der Waals surface area contributed by atoms with Gasteiger partial charge in [-0.15, -0.1) is 24.0 Å². The fourth-order valence-corrected chi connectivity index (χ4v) is 2.77. The van der Waals surface area contributed by atoms with Crippen molar-refractivity contribution in [1.82, 2.24) is 10.6 Å². The summed E-state index contributed by atoms with van der Waals surface area (Å²) in [6, 6.07) is 0.0940. The monoisotopic (exact) mass is 435 g/mol. The van der Waals surface area contributed by atoms with Gasteiger partial charge in [-0.25, -0.2) is 0 Å². The Morgan fingerprint density at radius 3 is 2.09 bits per heavy atom. The molecule has 0 radical (unpaired) electrons. The van der Waals surface area contributed by atoms with Crippen LogP contribution in [0.25, 0.3) is 0 Å². The predicted octanol–water partition coefficient (Wildman–Crippen LogP) is 4.33. The van der Waals surface area contributed by atoms with E-state index in [9.17, 15) is 13.2 Å². The SMILES string of the molecule is CCC(CC)CNC(=NC)NC1CCC(C(F)(F)F)CC1.I. The average molecular weight is 435 g/mol. The van der Waals surface area contributed by atoms with E-state index in [0.717, 1.165) is 19.4 Å². The van der Waals surface area contributed by atoms with E-state index in [1.807, 2.05) is 0 Å². The number of halogens is 4. The number of aliphatic imine (C=N–C) groups is 1. The maximum absolute atomic E-state index is 12.6. The van der Waals surface area contributed by atoms with Gasteiger partial charge >= 0.3 is 6.18 Å². The Labute approximate surface area is 148 Å². The standard InChI is InChI=1S/C15H28F3N3.HI/c1-4-11(5-2)10-20-14(19-3)21-13-8-6-12(7-9-13)15(16,17)18;/h11-13H,4-10H2,1-3H3,(H2,19,20,21);1H. The molecule has 0 bridgehead atoms. The van der Waals surface area contributed by atoms with Gasteiger partial charge in [-0.3, -0.25) is 4.99 Å². The summed E-state index contributed by atoms with van der Waals surface area (Å²) in [7, 11) is 1.70. The first-order valence-electron chi connectivity index (χ1n) is 7.94. The van der Waals surface area contributed by atoms with E-state index in [4.69, 9.17) is 0 Å². The van der Waals surface area contributed by atoms with Gasteiger partial charge in [0.1, 0.15) is 0 Å². The second-order valence-electron chi connectivity index (χ2n) is 5.87. The first kappa shape index (κ1) is 21.8. The fourth-order valence-electron chi connectivity index (χ4n) is 2.77. The first-order valence-corrected chi connectivity index (χ1v) is 7.94. The molecule has 1 saturated carbocycles. The number of nitrogens with zero attached hydrogens (tertiary/aromatic N) is 1. The number of rotatable bonds is 5. The highest BCUT2D eigenvalue weighted by molar-refractivity contribution is 14.0. The zero-order valence-electron chi connectivity index (χ0n) is 13.7. The second kappa shape index (κ2) is 10.5. The molecule has 0 unspecified atom stereocenters. The summed E-state index contributed by atoms with van der Waals surface area (Å²) in [5.74, 6) is 0.178. The maximum Gasteiger partial charge on any atom is 0.391 e. The van der Waals surface area contributed by atoms with Crippen LogP contribution < -0.4 is 10.6 Å². The lowest BCUT2D eigenvalue weighted by molar-refractivity contribution is -0.182. The Morgan fingerprint density at radius 2 is 1.68 bits per heavy atom. The Kier molecular flexibility index (Phi) is 10.4. The second-order valence-corrected chi connectivity index (χ2v) is 5.87. The average Bonchev–Trinajstić information content (AvgIpc) is 2.46. The van der Waals surface area contributed by atoms with E-state index in [2.05, 4.69) is 29.5 Å². The number of alkyl halides is 3. The molecule has 0 aromatic heterocycles. The van der Waals surface area contributed by atoms with Crippen LogP contribution in [0.15, 0.2) is 4.99 Å². The van der Waals surface area contributed by atoms with Crippen molar-refractivity contribution < 1.29 is 13.2 Å². The maximum atomic E-state index is 12.6. The van der Waals surface area contributed by atoms with Crippen LogP contribution in [0.2, 0.25) is 0 Å². The highest BCUT2D eigenvalue weighted by Crippen LogP contribution is 2.37. The molecule has 1 rings (SSSR count). The highest BCUT2D eigenvalue weighted by Gasteiger charge is 2.41. The van der Waals surface area contributed by atoms with Crippen molar-refractivity contribution in [2.45, 2.75) is 64.6 Å². The van der Waals surface area contributed by atoms with Gasteiger partial charge in [0.25, 0.3) is 0 Å². The molecule has 0 spiro atoms. The highest BCUT2D eigenvalue weighted by atomic mass is 127. The third-order valence-electron chi connectivity index (χ3n) is 4.47. The van der Waals surface area contributed by atoms with E-state index < -0.39 is 12.1 Å². The van der Waals surface area contributed by atoms with Crippen molar-refractivity contribution in [3.05, 3.63) is 0 Å². The molecular formula is C15H29F3IN3. The van der Waals surface area contributed by atoms with Crippen molar-refractivity contribution >= 4 is 29.9 Å². The molecule has 3 nitrogen and oxygen atoms in total. The smallest absolute Gasteiger partial charge is 0.356 e. The van der Waals surface area contributed by atoms with Crippen LogP contribution in [-0.4, -0.2) is 31.8 Å². The molecule has 0 amide bonds. The largest absolute Gasteiger partial charge is 0.391 e. The van der Waals surface area contributed by atoms with Gasteiger partial charge in [-0.2, -0.15) is 13.2 Å². The van der Waals surface area contributed by atoms with E-state index in [1.165, 1.54) is 0 Å². The molecule has 1 aliphatic carbocycles. The third kappa shape index (κ3) is 7.37. The number of guanidine groups is 1. The summed E-state index contributed by atoms with van der Waals surface area (Å²) in [6.45, 7) is 5.17. The van der Waals surface area contributed by atoms with Crippen LogP contribution >= 0.6 is 24.0 Å². The van der Waals surface area contributed by atoms with Gasteiger partial charge < -0.3 is 10.6 Å². The summed E-state index contributed by atoms with van der Waals surface area (Å²) in [6.07, 6.45) is -0.296. The molecule has 0 atom stereocenters. The van der Waals surface area contributed by atoms with E-state index >= 15 is 0 Å². The summed E-state index contributed by atoms with van der Waals surface area (Å²) >= 11 is 0. The summed E-state index contributed by atoms with van der Waals surface area (Å²) in [5.41, 5.74) is 0. The lowest BCUT2D eigenvalue weighted by Gasteiger charge is -2.31. The molecule has 7 heteroatoms. The molecule has 0 saturated heterocycles. The first-order chi connectivity index (χ1) is 9.90. The number of hydrogen-bond acceptors (Lipinski definition) is 1. The molecule has 132 valence electrons. The van der Waals surface area contributed by atoms with Crippen molar-refractivity contribution in [2.24, 2.45) is 16.8 Å².